The highest BCUT2D eigenvalue weighted by atomic mass is 19.1. The van der Waals surface area contributed by atoms with E-state index in [9.17, 15) is 19.1 Å². The maximum Gasteiger partial charge on any atom is 0.511 e. The second-order valence-corrected chi connectivity index (χ2v) is 7.41. The van der Waals surface area contributed by atoms with Crippen molar-refractivity contribution >= 4 is 34.9 Å². The van der Waals surface area contributed by atoms with E-state index in [1.54, 1.807) is 44.2 Å². The SMILES string of the molecule is CC1=NN(c2ccc(F)c(C)c2)C(=O)C1=NNc1cccc(-c2cccc(OC(=O)O)c2)c1O. The third-order valence-electron chi connectivity index (χ3n) is 5.05. The van der Waals surface area contributed by atoms with E-state index in [1.807, 2.05) is 0 Å². The van der Waals surface area contributed by atoms with E-state index in [2.05, 4.69) is 20.4 Å². The standard InChI is InChI=1S/C24H19FN4O5/c1-13-11-16(9-10-19(13)25)29-23(31)21(14(2)28-29)27-26-20-8-4-7-18(22(20)30)15-5-3-6-17(12-15)34-24(32)33/h3-12,26,30H,1-2H3,(H,32,33). The Kier molecular flexibility index (Phi) is 5.96. The topological polar surface area (TPSA) is 124 Å². The van der Waals surface area contributed by atoms with Crippen LogP contribution in [0.3, 0.4) is 0 Å². The highest BCUT2D eigenvalue weighted by molar-refractivity contribution is 6.71. The van der Waals surface area contributed by atoms with Crippen LogP contribution >= 0.6 is 0 Å². The number of anilines is 2. The van der Waals surface area contributed by atoms with Crippen LogP contribution in [0.15, 0.2) is 70.9 Å². The Morgan fingerprint density at radius 3 is 2.62 bits per heavy atom. The zero-order valence-corrected chi connectivity index (χ0v) is 18.1. The molecule has 3 N–H and O–H groups in total. The molecule has 0 bridgehead atoms. The lowest BCUT2D eigenvalue weighted by atomic mass is 10.0. The van der Waals surface area contributed by atoms with E-state index in [0.717, 1.165) is 5.01 Å². The smallest absolute Gasteiger partial charge is 0.505 e. The van der Waals surface area contributed by atoms with E-state index in [4.69, 9.17) is 5.11 Å². The van der Waals surface area contributed by atoms with Crippen molar-refractivity contribution in [1.29, 1.82) is 0 Å². The summed E-state index contributed by atoms with van der Waals surface area (Å²) in [7, 11) is 0. The maximum absolute atomic E-state index is 13.6. The number of carbonyl (C=O) groups is 2. The number of hydrogen-bond acceptors (Lipinski definition) is 7. The second kappa shape index (κ2) is 9.02. The number of aromatic hydroxyl groups is 1. The van der Waals surface area contributed by atoms with E-state index in [-0.39, 0.29) is 28.7 Å². The third-order valence-corrected chi connectivity index (χ3v) is 5.05. The van der Waals surface area contributed by atoms with Gasteiger partial charge in [-0.05, 0) is 61.4 Å². The number of ether oxygens (including phenoxy) is 1. The molecule has 0 aliphatic carbocycles. The molecule has 1 aliphatic heterocycles. The van der Waals surface area contributed by atoms with Crippen LogP contribution in [0.4, 0.5) is 20.6 Å². The number of aryl methyl sites for hydroxylation is 1. The Morgan fingerprint density at radius 2 is 1.88 bits per heavy atom. The first kappa shape index (κ1) is 22.5. The fourth-order valence-corrected chi connectivity index (χ4v) is 3.37. The van der Waals surface area contributed by atoms with Gasteiger partial charge in [0.1, 0.15) is 17.3 Å². The average molecular weight is 462 g/mol. The van der Waals surface area contributed by atoms with Gasteiger partial charge in [0, 0.05) is 5.56 Å². The van der Waals surface area contributed by atoms with Gasteiger partial charge in [0.25, 0.3) is 0 Å². The van der Waals surface area contributed by atoms with Crippen molar-refractivity contribution < 1.29 is 28.9 Å². The normalized spacial score (nSPS) is 14.3. The predicted octanol–water partition coefficient (Wildman–Crippen LogP) is 4.75. The van der Waals surface area contributed by atoms with E-state index in [0.29, 0.717) is 28.1 Å². The van der Waals surface area contributed by atoms with Crippen LogP contribution in [0, 0.1) is 12.7 Å². The molecule has 0 saturated carbocycles. The molecule has 0 fully saturated rings. The molecule has 0 atom stereocenters. The number of halogens is 1. The number of nitrogens with one attached hydrogen (secondary N) is 1. The Labute approximate surface area is 193 Å². The zero-order chi connectivity index (χ0) is 24.4. The summed E-state index contributed by atoms with van der Waals surface area (Å²) in [4.78, 5) is 23.6. The molecule has 172 valence electrons. The van der Waals surface area contributed by atoms with Gasteiger partial charge >= 0.3 is 12.1 Å². The summed E-state index contributed by atoms with van der Waals surface area (Å²) in [5, 5.41) is 29.0. The molecule has 34 heavy (non-hydrogen) atoms. The van der Waals surface area contributed by atoms with Gasteiger partial charge in [-0.15, -0.1) is 0 Å². The molecule has 1 amide bonds. The maximum atomic E-state index is 13.6. The number of carbonyl (C=O) groups excluding carboxylic acids is 1. The summed E-state index contributed by atoms with van der Waals surface area (Å²) in [6.45, 7) is 3.20. The van der Waals surface area contributed by atoms with Crippen LogP contribution in [-0.2, 0) is 4.79 Å². The van der Waals surface area contributed by atoms with Gasteiger partial charge in [0.2, 0.25) is 0 Å². The minimum absolute atomic E-state index is 0.0311. The first-order valence-electron chi connectivity index (χ1n) is 10.1. The van der Waals surface area contributed by atoms with Crippen molar-refractivity contribution in [2.75, 3.05) is 10.4 Å². The fourth-order valence-electron chi connectivity index (χ4n) is 3.37. The number of carboxylic acid groups (broad SMARTS) is 1. The Balaban J connectivity index is 1.59. The summed E-state index contributed by atoms with van der Waals surface area (Å²) >= 11 is 0. The van der Waals surface area contributed by atoms with Gasteiger partial charge in [0.15, 0.2) is 5.71 Å². The van der Waals surface area contributed by atoms with Crippen molar-refractivity contribution in [3.8, 4) is 22.6 Å². The number of hydrogen-bond donors (Lipinski definition) is 3. The zero-order valence-electron chi connectivity index (χ0n) is 18.1. The van der Waals surface area contributed by atoms with Crippen LogP contribution in [0.25, 0.3) is 11.1 Å². The van der Waals surface area contributed by atoms with Gasteiger partial charge in [-0.1, -0.05) is 24.3 Å². The van der Waals surface area contributed by atoms with Crippen LogP contribution in [0.5, 0.6) is 11.5 Å². The van der Waals surface area contributed by atoms with E-state index < -0.39 is 12.1 Å². The number of hydrazone groups is 2. The van der Waals surface area contributed by atoms with Crippen LogP contribution in [0.2, 0.25) is 0 Å². The molecule has 9 nitrogen and oxygen atoms in total. The average Bonchev–Trinajstić information content (AvgIpc) is 3.08. The molecule has 10 heteroatoms. The molecule has 4 rings (SSSR count). The number of benzene rings is 3. The van der Waals surface area contributed by atoms with Crippen LogP contribution in [-0.4, -0.2) is 33.7 Å². The van der Waals surface area contributed by atoms with Crippen molar-refractivity contribution in [2.24, 2.45) is 10.2 Å². The van der Waals surface area contributed by atoms with Gasteiger partial charge < -0.3 is 14.9 Å². The number of para-hydroxylation sites is 1. The molecule has 0 unspecified atom stereocenters. The van der Waals surface area contributed by atoms with Crippen molar-refractivity contribution in [1.82, 2.24) is 0 Å². The van der Waals surface area contributed by atoms with Crippen molar-refractivity contribution in [3.63, 3.8) is 0 Å². The molecule has 0 radical (unpaired) electrons. The lowest BCUT2D eigenvalue weighted by Gasteiger charge is -2.12. The minimum Gasteiger partial charge on any atom is -0.505 e. The molecule has 0 spiro atoms. The number of nitrogens with zero attached hydrogens (tertiary/aromatic N) is 3. The molecule has 3 aromatic carbocycles. The lowest BCUT2D eigenvalue weighted by molar-refractivity contribution is -0.112. The first-order valence-corrected chi connectivity index (χ1v) is 10.1. The number of rotatable bonds is 5. The predicted molar refractivity (Wildman–Crippen MR) is 125 cm³/mol. The Morgan fingerprint density at radius 1 is 1.12 bits per heavy atom. The number of phenolic OH excluding ortho intramolecular Hbond substituents is 1. The summed E-state index contributed by atoms with van der Waals surface area (Å²) < 4.78 is 18.3. The minimum atomic E-state index is -1.45. The Bertz CT molecular complexity index is 1370. The van der Waals surface area contributed by atoms with Gasteiger partial charge in [0.05, 0.1) is 17.1 Å². The lowest BCUT2D eigenvalue weighted by Crippen LogP contribution is -2.28. The third kappa shape index (κ3) is 4.42. The summed E-state index contributed by atoms with van der Waals surface area (Å²) in [5.41, 5.74) is 4.97. The highest BCUT2D eigenvalue weighted by Gasteiger charge is 2.31. The monoisotopic (exact) mass is 462 g/mol. The molecule has 0 saturated heterocycles. The first-order chi connectivity index (χ1) is 16.2. The van der Waals surface area contributed by atoms with Crippen molar-refractivity contribution in [3.05, 3.63) is 72.0 Å². The fraction of sp³-hybridized carbons (Fsp3) is 0.0833. The molecule has 1 heterocycles. The molecular weight excluding hydrogens is 443 g/mol. The highest BCUT2D eigenvalue weighted by Crippen LogP contribution is 2.36. The Hall–Kier alpha value is -4.73. The molecule has 1 aliphatic rings. The van der Waals surface area contributed by atoms with Gasteiger partial charge in [-0.25, -0.2) is 9.18 Å². The summed E-state index contributed by atoms with van der Waals surface area (Å²) in [5.74, 6) is -0.958. The van der Waals surface area contributed by atoms with Gasteiger partial charge in [-0.2, -0.15) is 15.2 Å². The van der Waals surface area contributed by atoms with Crippen LogP contribution in [0.1, 0.15) is 12.5 Å². The number of phenols is 1. The molecular formula is C24H19FN4O5. The van der Waals surface area contributed by atoms with Gasteiger partial charge in [-0.3, -0.25) is 10.2 Å². The summed E-state index contributed by atoms with van der Waals surface area (Å²) in [6, 6.07) is 15.3. The molecule has 3 aromatic rings. The van der Waals surface area contributed by atoms with E-state index in [1.165, 1.54) is 30.3 Å². The van der Waals surface area contributed by atoms with Crippen molar-refractivity contribution in [2.45, 2.75) is 13.8 Å². The van der Waals surface area contributed by atoms with E-state index >= 15 is 0 Å². The largest absolute Gasteiger partial charge is 0.511 e. The second-order valence-electron chi connectivity index (χ2n) is 7.41. The van der Waals surface area contributed by atoms with Crippen LogP contribution < -0.4 is 15.2 Å². The summed E-state index contributed by atoms with van der Waals surface area (Å²) in [6.07, 6.45) is -1.45. The quantitative estimate of drug-likeness (QED) is 0.218. The molecule has 0 aromatic heterocycles. The number of amides is 1.